The summed E-state index contributed by atoms with van der Waals surface area (Å²) in [4.78, 5) is 25.3. The number of aromatic nitrogens is 4. The van der Waals surface area contributed by atoms with Crippen LogP contribution in [0.1, 0.15) is 28.4 Å². The minimum atomic E-state index is -4.64. The molecule has 152 valence electrons. The van der Waals surface area contributed by atoms with E-state index in [1.54, 1.807) is 16.7 Å². The lowest BCUT2D eigenvalue weighted by atomic mass is 10.3. The molecule has 2 atom stereocenters. The number of nitrogens with one attached hydrogen (secondary N) is 2. The van der Waals surface area contributed by atoms with E-state index in [9.17, 15) is 23.1 Å². The quantitative estimate of drug-likeness (QED) is 0.587. The highest BCUT2D eigenvalue weighted by molar-refractivity contribution is 6.01. The Labute approximate surface area is 163 Å². The number of anilines is 1. The molecular formula is C18H18F3N6O2+. The van der Waals surface area contributed by atoms with Crippen molar-refractivity contribution in [3.8, 4) is 0 Å². The van der Waals surface area contributed by atoms with Gasteiger partial charge in [-0.1, -0.05) is 6.07 Å². The zero-order valence-electron chi connectivity index (χ0n) is 15.1. The zero-order chi connectivity index (χ0) is 20.6. The summed E-state index contributed by atoms with van der Waals surface area (Å²) in [7, 11) is 0. The maximum Gasteiger partial charge on any atom is 0.433 e. The highest BCUT2D eigenvalue weighted by Gasteiger charge is 2.33. The van der Waals surface area contributed by atoms with Crippen molar-refractivity contribution in [3.05, 3.63) is 53.9 Å². The monoisotopic (exact) mass is 407 g/mol. The number of alkyl halides is 3. The number of aliphatic hydroxyl groups is 1. The van der Waals surface area contributed by atoms with Crippen LogP contribution in [0.25, 0.3) is 5.52 Å². The number of amides is 1. The second kappa shape index (κ2) is 7.41. The summed E-state index contributed by atoms with van der Waals surface area (Å²) in [6.45, 7) is 1.93. The average molecular weight is 407 g/mol. The maximum absolute atomic E-state index is 12.8. The number of likely N-dealkylation sites (tertiary alicyclic amines) is 1. The van der Waals surface area contributed by atoms with Crippen LogP contribution in [-0.4, -0.2) is 49.6 Å². The van der Waals surface area contributed by atoms with Crippen molar-refractivity contribution in [2.24, 2.45) is 0 Å². The fourth-order valence-corrected chi connectivity index (χ4v) is 3.43. The van der Waals surface area contributed by atoms with E-state index < -0.39 is 23.7 Å². The van der Waals surface area contributed by atoms with E-state index in [1.165, 1.54) is 0 Å². The molecule has 11 heteroatoms. The van der Waals surface area contributed by atoms with Crippen LogP contribution in [0.3, 0.4) is 0 Å². The van der Waals surface area contributed by atoms with E-state index in [4.69, 9.17) is 0 Å². The second-order valence-electron chi connectivity index (χ2n) is 6.88. The minimum Gasteiger partial charge on any atom is -0.387 e. The molecule has 8 nitrogen and oxygen atoms in total. The van der Waals surface area contributed by atoms with E-state index in [2.05, 4.69) is 20.3 Å². The van der Waals surface area contributed by atoms with Gasteiger partial charge in [0.25, 0.3) is 5.91 Å². The zero-order valence-corrected chi connectivity index (χ0v) is 15.1. The summed E-state index contributed by atoms with van der Waals surface area (Å²) in [5.74, 6) is -1.14. The number of carbonyl (C=O) groups excluding carboxylic acids is 1. The van der Waals surface area contributed by atoms with Crippen molar-refractivity contribution in [3.63, 3.8) is 0 Å². The van der Waals surface area contributed by atoms with Gasteiger partial charge in [0, 0.05) is 18.8 Å². The Bertz CT molecular complexity index is 1050. The number of imidazole rings is 1. The second-order valence-corrected chi connectivity index (χ2v) is 6.88. The molecule has 1 aliphatic rings. The normalized spacial score (nSPS) is 19.6. The molecule has 3 aromatic rings. The minimum absolute atomic E-state index is 0.0238. The fraction of sp³-hybridized carbons (Fsp3) is 0.333. The molecular weight excluding hydrogens is 389 g/mol. The summed E-state index contributed by atoms with van der Waals surface area (Å²) < 4.78 is 40.0. The molecule has 2 unspecified atom stereocenters. The van der Waals surface area contributed by atoms with Gasteiger partial charge in [-0.3, -0.25) is 14.5 Å². The third-order valence-corrected chi connectivity index (χ3v) is 4.77. The van der Waals surface area contributed by atoms with Gasteiger partial charge in [0.05, 0.1) is 12.1 Å². The van der Waals surface area contributed by atoms with Crippen LogP contribution >= 0.6 is 0 Å². The third kappa shape index (κ3) is 4.05. The molecule has 1 fully saturated rings. The molecule has 4 rings (SSSR count). The molecule has 0 spiro atoms. The number of nitrogens with zero attached hydrogens (tertiary/aromatic N) is 4. The van der Waals surface area contributed by atoms with E-state index in [1.807, 2.05) is 12.1 Å². The number of fused-ring (bicyclic) bond motifs is 1. The number of aliphatic hydroxyl groups excluding tert-OH is 1. The van der Waals surface area contributed by atoms with Crippen molar-refractivity contribution in [1.82, 2.24) is 19.4 Å². The van der Waals surface area contributed by atoms with Crippen LogP contribution in [0, 0.1) is 0 Å². The molecule has 3 N–H and O–H groups in total. The van der Waals surface area contributed by atoms with Crippen molar-refractivity contribution < 1.29 is 28.0 Å². The highest BCUT2D eigenvalue weighted by Crippen LogP contribution is 2.27. The number of halogens is 3. The van der Waals surface area contributed by atoms with E-state index >= 15 is 0 Å². The maximum atomic E-state index is 12.8. The molecule has 0 aromatic carbocycles. The Kier molecular flexibility index (Phi) is 4.92. The van der Waals surface area contributed by atoms with Crippen LogP contribution in [0.15, 0.2) is 36.7 Å². The molecule has 29 heavy (non-hydrogen) atoms. The van der Waals surface area contributed by atoms with Crippen molar-refractivity contribution in [1.29, 1.82) is 0 Å². The van der Waals surface area contributed by atoms with Crippen LogP contribution in [-0.2, 0) is 12.7 Å². The van der Waals surface area contributed by atoms with Crippen LogP contribution in [0.4, 0.5) is 19.1 Å². The molecule has 0 saturated carbocycles. The number of pyridine rings is 1. The van der Waals surface area contributed by atoms with Gasteiger partial charge in [-0.05, 0) is 18.2 Å². The number of hydrogen-bond donors (Lipinski definition) is 3. The van der Waals surface area contributed by atoms with Gasteiger partial charge < -0.3 is 10.0 Å². The van der Waals surface area contributed by atoms with Gasteiger partial charge in [-0.25, -0.2) is 15.0 Å². The molecule has 4 heterocycles. The number of hydrogen-bond acceptors (Lipinski definition) is 5. The highest BCUT2D eigenvalue weighted by atomic mass is 19.4. The van der Waals surface area contributed by atoms with Crippen LogP contribution < -0.4 is 10.2 Å². The Morgan fingerprint density at radius 1 is 1.31 bits per heavy atom. The van der Waals surface area contributed by atoms with Crippen molar-refractivity contribution in [2.75, 3.05) is 18.4 Å². The average Bonchev–Trinajstić information content (AvgIpc) is 3.25. The molecule has 1 amide bonds. The Morgan fingerprint density at radius 2 is 2.14 bits per heavy atom. The molecule has 0 radical (unpaired) electrons. The first-order valence-electron chi connectivity index (χ1n) is 9.00. The van der Waals surface area contributed by atoms with Crippen LogP contribution in [0.5, 0.6) is 0 Å². The Morgan fingerprint density at radius 3 is 2.86 bits per heavy atom. The first-order chi connectivity index (χ1) is 13.8. The summed E-state index contributed by atoms with van der Waals surface area (Å²) in [5, 5.41) is 12.0. The molecule has 3 aromatic heterocycles. The molecule has 1 saturated heterocycles. The SMILES string of the molecule is O=C(Nc1nccc(C(F)(F)F)n1)c1nc(C[NH+]2CCC(O)C2)c2ccccn12. The topological polar surface area (TPSA) is 96.9 Å². The molecule has 0 bridgehead atoms. The van der Waals surface area contributed by atoms with Gasteiger partial charge in [-0.2, -0.15) is 13.2 Å². The Hall–Kier alpha value is -3.05. The van der Waals surface area contributed by atoms with E-state index in [0.29, 0.717) is 25.2 Å². The van der Waals surface area contributed by atoms with Gasteiger partial charge in [0.1, 0.15) is 30.6 Å². The predicted molar refractivity (Wildman–Crippen MR) is 95.2 cm³/mol. The van der Waals surface area contributed by atoms with Gasteiger partial charge in [0.2, 0.25) is 11.8 Å². The van der Waals surface area contributed by atoms with Crippen LogP contribution in [0.2, 0.25) is 0 Å². The van der Waals surface area contributed by atoms with Gasteiger partial charge in [0.15, 0.2) is 0 Å². The number of quaternary nitrogens is 1. The fourth-order valence-electron chi connectivity index (χ4n) is 3.43. The first-order valence-corrected chi connectivity index (χ1v) is 9.00. The summed E-state index contributed by atoms with van der Waals surface area (Å²) in [6, 6.07) is 6.08. The molecule has 0 aliphatic carbocycles. The summed E-state index contributed by atoms with van der Waals surface area (Å²) >= 11 is 0. The third-order valence-electron chi connectivity index (χ3n) is 4.77. The summed E-state index contributed by atoms with van der Waals surface area (Å²) in [6.07, 6.45) is -1.69. The summed E-state index contributed by atoms with van der Waals surface area (Å²) in [5.41, 5.74) is 0.244. The van der Waals surface area contributed by atoms with Crippen molar-refractivity contribution in [2.45, 2.75) is 25.2 Å². The van der Waals surface area contributed by atoms with Gasteiger partial charge in [-0.15, -0.1) is 0 Å². The number of carbonyl (C=O) groups is 1. The van der Waals surface area contributed by atoms with E-state index in [0.717, 1.165) is 29.2 Å². The van der Waals surface area contributed by atoms with Gasteiger partial charge >= 0.3 is 6.18 Å². The smallest absolute Gasteiger partial charge is 0.387 e. The standard InChI is InChI=1S/C18H17F3N6O2/c19-18(20,21)14-4-6-22-17(24-14)25-16(29)15-23-12(10-26-8-5-11(28)9-26)13-3-1-2-7-27(13)15/h1-4,6-7,11,28H,5,8-10H2,(H,22,24,25,29)/p+1. The van der Waals surface area contributed by atoms with E-state index in [-0.39, 0.29) is 11.9 Å². The number of rotatable bonds is 4. The lowest BCUT2D eigenvalue weighted by Gasteiger charge is -2.10. The van der Waals surface area contributed by atoms with Crippen molar-refractivity contribution >= 4 is 17.4 Å². The first kappa shape index (κ1) is 19.3. The molecule has 1 aliphatic heterocycles. The Balaban J connectivity index is 1.61. The largest absolute Gasteiger partial charge is 0.433 e. The lowest BCUT2D eigenvalue weighted by molar-refractivity contribution is -0.902. The predicted octanol–water partition coefficient (Wildman–Crippen LogP) is 0.545. The lowest BCUT2D eigenvalue weighted by Crippen LogP contribution is -3.09.